The lowest BCUT2D eigenvalue weighted by Gasteiger charge is -2.03. The Morgan fingerprint density at radius 2 is 1.90 bits per heavy atom. The third-order valence-electron chi connectivity index (χ3n) is 2.89. The molecule has 2 aromatic rings. The average Bonchev–Trinajstić information content (AvgIpc) is 2.69. The molecule has 0 saturated carbocycles. The van der Waals surface area contributed by atoms with Crippen LogP contribution in [0.4, 0.5) is 0 Å². The van der Waals surface area contributed by atoms with Gasteiger partial charge in [0.15, 0.2) is 0 Å². The molecule has 0 aliphatic heterocycles. The summed E-state index contributed by atoms with van der Waals surface area (Å²) in [6.45, 7) is 2.32. The van der Waals surface area contributed by atoms with E-state index in [1.807, 2.05) is 31.2 Å². The Labute approximate surface area is 141 Å². The standard InChI is InChI=1S/C13H13BrCl2N2O2S/c1-2-3-11-12(21(16,19)20)13(15)18(17-11)8-9-4-6-10(14)7-5-9/h4-7H,2-3,8H2,1H3. The minimum atomic E-state index is -3.92. The van der Waals surface area contributed by atoms with Crippen LogP contribution in [-0.4, -0.2) is 18.2 Å². The lowest BCUT2D eigenvalue weighted by atomic mass is 10.2. The summed E-state index contributed by atoms with van der Waals surface area (Å²) in [6, 6.07) is 7.63. The van der Waals surface area contributed by atoms with Crippen molar-refractivity contribution >= 4 is 47.3 Å². The first kappa shape index (κ1) is 16.8. The molecular formula is C13H13BrCl2N2O2S. The molecule has 0 N–H and O–H groups in total. The number of hydrogen-bond donors (Lipinski definition) is 0. The van der Waals surface area contributed by atoms with Crippen molar-refractivity contribution in [3.8, 4) is 0 Å². The van der Waals surface area contributed by atoms with Crippen LogP contribution in [0.2, 0.25) is 5.15 Å². The van der Waals surface area contributed by atoms with Gasteiger partial charge in [-0.05, 0) is 24.1 Å². The first-order chi connectivity index (χ1) is 9.82. The van der Waals surface area contributed by atoms with E-state index in [4.69, 9.17) is 22.3 Å². The molecule has 0 spiro atoms. The van der Waals surface area contributed by atoms with Gasteiger partial charge < -0.3 is 0 Å². The summed E-state index contributed by atoms with van der Waals surface area (Å²) in [5.74, 6) is 0. The van der Waals surface area contributed by atoms with Crippen LogP contribution in [0.5, 0.6) is 0 Å². The number of nitrogens with zero attached hydrogens (tertiary/aromatic N) is 2. The molecule has 0 aliphatic carbocycles. The van der Waals surface area contributed by atoms with Gasteiger partial charge in [0.25, 0.3) is 9.05 Å². The van der Waals surface area contributed by atoms with Gasteiger partial charge in [-0.3, -0.25) is 0 Å². The molecule has 4 nitrogen and oxygen atoms in total. The molecule has 1 aromatic carbocycles. The predicted molar refractivity (Wildman–Crippen MR) is 87.5 cm³/mol. The number of hydrogen-bond acceptors (Lipinski definition) is 3. The van der Waals surface area contributed by atoms with Crippen LogP contribution in [-0.2, 0) is 22.0 Å². The molecule has 0 fully saturated rings. The molecule has 0 amide bonds. The number of aromatic nitrogens is 2. The van der Waals surface area contributed by atoms with Gasteiger partial charge in [-0.2, -0.15) is 5.10 Å². The van der Waals surface area contributed by atoms with Crippen LogP contribution in [0.15, 0.2) is 33.6 Å². The van der Waals surface area contributed by atoms with Gasteiger partial charge in [-0.25, -0.2) is 13.1 Å². The zero-order chi connectivity index (χ0) is 15.6. The maximum atomic E-state index is 11.7. The molecule has 2 rings (SSSR count). The summed E-state index contributed by atoms with van der Waals surface area (Å²) in [5, 5.41) is 4.35. The lowest BCUT2D eigenvalue weighted by Crippen LogP contribution is -2.02. The molecule has 0 aliphatic rings. The van der Waals surface area contributed by atoms with Gasteiger partial charge in [0, 0.05) is 15.2 Å². The van der Waals surface area contributed by atoms with Crippen LogP contribution < -0.4 is 0 Å². The molecule has 8 heteroatoms. The Hall–Kier alpha value is -0.560. The van der Waals surface area contributed by atoms with E-state index < -0.39 is 9.05 Å². The van der Waals surface area contributed by atoms with Crippen LogP contribution >= 0.6 is 38.2 Å². The smallest absolute Gasteiger partial charge is 0.248 e. The fourth-order valence-corrected chi connectivity index (χ4v) is 4.09. The molecule has 0 bridgehead atoms. The Kier molecular flexibility index (Phi) is 5.35. The van der Waals surface area contributed by atoms with Gasteiger partial charge in [0.1, 0.15) is 10.0 Å². The third-order valence-corrected chi connectivity index (χ3v) is 5.30. The maximum Gasteiger partial charge on any atom is 0.266 e. The summed E-state index contributed by atoms with van der Waals surface area (Å²) in [4.78, 5) is -0.0789. The minimum Gasteiger partial charge on any atom is -0.248 e. The number of halogens is 3. The average molecular weight is 412 g/mol. The lowest BCUT2D eigenvalue weighted by molar-refractivity contribution is 0.608. The van der Waals surface area contributed by atoms with Crippen molar-refractivity contribution in [2.24, 2.45) is 0 Å². The second-order valence-electron chi connectivity index (χ2n) is 4.54. The summed E-state index contributed by atoms with van der Waals surface area (Å²) in [6.07, 6.45) is 1.26. The number of rotatable bonds is 5. The molecule has 21 heavy (non-hydrogen) atoms. The van der Waals surface area contributed by atoms with Gasteiger partial charge in [0.05, 0.1) is 12.2 Å². The quantitative estimate of drug-likeness (QED) is 0.691. The van der Waals surface area contributed by atoms with Gasteiger partial charge in [-0.1, -0.05) is 53.0 Å². The van der Waals surface area contributed by atoms with Gasteiger partial charge >= 0.3 is 0 Å². The minimum absolute atomic E-state index is 0.0522. The Morgan fingerprint density at radius 1 is 1.29 bits per heavy atom. The van der Waals surface area contributed by atoms with E-state index >= 15 is 0 Å². The largest absolute Gasteiger partial charge is 0.266 e. The van der Waals surface area contributed by atoms with Crippen molar-refractivity contribution in [1.29, 1.82) is 0 Å². The van der Waals surface area contributed by atoms with Crippen molar-refractivity contribution in [3.05, 3.63) is 45.1 Å². The monoisotopic (exact) mass is 410 g/mol. The highest BCUT2D eigenvalue weighted by Gasteiger charge is 2.25. The summed E-state index contributed by atoms with van der Waals surface area (Å²) in [7, 11) is 1.56. The van der Waals surface area contributed by atoms with Crippen molar-refractivity contribution in [2.75, 3.05) is 0 Å². The van der Waals surface area contributed by atoms with E-state index in [0.29, 0.717) is 18.7 Å². The zero-order valence-corrected chi connectivity index (χ0v) is 15.1. The van der Waals surface area contributed by atoms with E-state index in [0.717, 1.165) is 16.5 Å². The Morgan fingerprint density at radius 3 is 2.43 bits per heavy atom. The molecule has 114 valence electrons. The van der Waals surface area contributed by atoms with E-state index in [9.17, 15) is 8.42 Å². The van der Waals surface area contributed by atoms with Crippen molar-refractivity contribution in [3.63, 3.8) is 0 Å². The fourth-order valence-electron chi connectivity index (χ4n) is 1.98. The van der Waals surface area contributed by atoms with E-state index in [1.54, 1.807) is 0 Å². The van der Waals surface area contributed by atoms with Crippen molar-refractivity contribution in [2.45, 2.75) is 31.2 Å². The van der Waals surface area contributed by atoms with Crippen LogP contribution in [0, 0.1) is 0 Å². The Bertz CT molecular complexity index is 742. The Balaban J connectivity index is 2.43. The zero-order valence-electron chi connectivity index (χ0n) is 11.2. The first-order valence-corrected chi connectivity index (χ1v) is 9.75. The highest BCUT2D eigenvalue weighted by molar-refractivity contribution is 9.10. The van der Waals surface area contributed by atoms with Crippen molar-refractivity contribution in [1.82, 2.24) is 9.78 Å². The highest BCUT2D eigenvalue weighted by atomic mass is 79.9. The maximum absolute atomic E-state index is 11.7. The summed E-state index contributed by atoms with van der Waals surface area (Å²) in [5.41, 5.74) is 1.37. The second kappa shape index (κ2) is 6.69. The first-order valence-electron chi connectivity index (χ1n) is 6.27. The predicted octanol–water partition coefficient (Wildman–Crippen LogP) is 4.23. The molecule has 0 saturated heterocycles. The number of aryl methyl sites for hydroxylation is 1. The van der Waals surface area contributed by atoms with Crippen molar-refractivity contribution < 1.29 is 8.42 Å². The van der Waals surface area contributed by atoms with E-state index in [2.05, 4.69) is 21.0 Å². The fraction of sp³-hybridized carbons (Fsp3) is 0.308. The number of benzene rings is 1. The summed E-state index contributed by atoms with van der Waals surface area (Å²) < 4.78 is 25.8. The van der Waals surface area contributed by atoms with E-state index in [-0.39, 0.29) is 10.0 Å². The molecule has 1 aromatic heterocycles. The van der Waals surface area contributed by atoms with Gasteiger partial charge in [-0.15, -0.1) is 0 Å². The second-order valence-corrected chi connectivity index (χ2v) is 8.32. The van der Waals surface area contributed by atoms with E-state index in [1.165, 1.54) is 4.68 Å². The SMILES string of the molecule is CCCc1nn(Cc2ccc(Br)cc2)c(Cl)c1S(=O)(=O)Cl. The van der Waals surface area contributed by atoms with Crippen LogP contribution in [0.3, 0.4) is 0 Å². The van der Waals surface area contributed by atoms with Crippen LogP contribution in [0.1, 0.15) is 24.6 Å². The molecular weight excluding hydrogens is 399 g/mol. The molecule has 0 atom stereocenters. The van der Waals surface area contributed by atoms with Gasteiger partial charge in [0.2, 0.25) is 0 Å². The molecule has 0 unspecified atom stereocenters. The topological polar surface area (TPSA) is 52.0 Å². The molecule has 1 heterocycles. The normalized spacial score (nSPS) is 11.8. The third kappa shape index (κ3) is 4.00. The highest BCUT2D eigenvalue weighted by Crippen LogP contribution is 2.29. The van der Waals surface area contributed by atoms with Crippen LogP contribution in [0.25, 0.3) is 0 Å². The summed E-state index contributed by atoms with van der Waals surface area (Å²) >= 11 is 9.52. The molecule has 0 radical (unpaired) electrons.